The van der Waals surface area contributed by atoms with Crippen molar-refractivity contribution in [3.8, 4) is 0 Å². The molecule has 1 nitrogen and oxygen atoms in total. The monoisotopic (exact) mass is 313 g/mol. The number of hydrogen-bond donors (Lipinski definition) is 0. The summed E-state index contributed by atoms with van der Waals surface area (Å²) in [5, 5.41) is 1.72. The number of rotatable bonds is 5. The van der Waals surface area contributed by atoms with Gasteiger partial charge in [0.05, 0.1) is 0 Å². The van der Waals surface area contributed by atoms with E-state index in [0.717, 1.165) is 22.3 Å². The van der Waals surface area contributed by atoms with Gasteiger partial charge in [-0.05, 0) is 55.4 Å². The van der Waals surface area contributed by atoms with Gasteiger partial charge in [-0.2, -0.15) is 0 Å². The summed E-state index contributed by atoms with van der Waals surface area (Å²) in [5.74, 6) is 0.939. The van der Waals surface area contributed by atoms with Gasteiger partial charge < -0.3 is 4.90 Å². The molecule has 2 aliphatic rings. The first kappa shape index (κ1) is 11.9. The standard InChI is InChI=1S/C14H17BrClN/c15-8-11-7-12(16)3-6-14(11)17(13-4-5-13)9-10-1-2-10/h3,6-7,10,13H,1-2,4-5,8-9H2. The van der Waals surface area contributed by atoms with Crippen molar-refractivity contribution in [2.45, 2.75) is 37.1 Å². The first-order chi connectivity index (χ1) is 8.28. The third kappa shape index (κ3) is 2.79. The highest BCUT2D eigenvalue weighted by Gasteiger charge is 2.34. The van der Waals surface area contributed by atoms with Crippen molar-refractivity contribution in [2.75, 3.05) is 11.4 Å². The molecule has 0 amide bonds. The van der Waals surface area contributed by atoms with Gasteiger partial charge in [0.2, 0.25) is 0 Å². The van der Waals surface area contributed by atoms with Crippen LogP contribution in [0.15, 0.2) is 18.2 Å². The van der Waals surface area contributed by atoms with Crippen LogP contribution in [0.2, 0.25) is 5.02 Å². The third-order valence-electron chi connectivity index (χ3n) is 3.63. The van der Waals surface area contributed by atoms with Crippen LogP contribution in [-0.4, -0.2) is 12.6 Å². The van der Waals surface area contributed by atoms with Crippen LogP contribution in [0, 0.1) is 5.92 Å². The Kier molecular flexibility index (Phi) is 3.36. The smallest absolute Gasteiger partial charge is 0.0410 e. The highest BCUT2D eigenvalue weighted by Crippen LogP contribution is 2.39. The zero-order valence-electron chi connectivity index (χ0n) is 9.83. The summed E-state index contributed by atoms with van der Waals surface area (Å²) in [6, 6.07) is 7.09. The van der Waals surface area contributed by atoms with E-state index in [1.165, 1.54) is 43.5 Å². The summed E-state index contributed by atoms with van der Waals surface area (Å²) in [6.07, 6.45) is 5.55. The molecule has 3 rings (SSSR count). The molecule has 2 aliphatic carbocycles. The maximum absolute atomic E-state index is 6.07. The van der Waals surface area contributed by atoms with Crippen LogP contribution >= 0.6 is 27.5 Å². The molecule has 0 saturated heterocycles. The average molecular weight is 315 g/mol. The van der Waals surface area contributed by atoms with E-state index in [-0.39, 0.29) is 0 Å². The number of anilines is 1. The summed E-state index contributed by atoms with van der Waals surface area (Å²) in [5.41, 5.74) is 2.71. The molecule has 2 saturated carbocycles. The topological polar surface area (TPSA) is 3.24 Å². The molecule has 0 unspecified atom stereocenters. The number of alkyl halides is 1. The lowest BCUT2D eigenvalue weighted by atomic mass is 10.1. The van der Waals surface area contributed by atoms with Crippen LogP contribution in [0.25, 0.3) is 0 Å². The minimum absolute atomic E-state index is 0.787. The zero-order valence-corrected chi connectivity index (χ0v) is 12.2. The van der Waals surface area contributed by atoms with Gasteiger partial charge in [-0.25, -0.2) is 0 Å². The van der Waals surface area contributed by atoms with E-state index in [9.17, 15) is 0 Å². The average Bonchev–Trinajstić information content (AvgIpc) is 3.18. The van der Waals surface area contributed by atoms with Crippen molar-refractivity contribution >= 4 is 33.2 Å². The molecule has 0 bridgehead atoms. The summed E-state index contributed by atoms with van der Waals surface area (Å²) < 4.78 is 0. The van der Waals surface area contributed by atoms with Gasteiger partial charge >= 0.3 is 0 Å². The minimum Gasteiger partial charge on any atom is -0.368 e. The fourth-order valence-corrected chi connectivity index (χ4v) is 2.99. The molecule has 3 heteroatoms. The first-order valence-electron chi connectivity index (χ1n) is 6.39. The lowest BCUT2D eigenvalue weighted by Crippen LogP contribution is -2.28. The lowest BCUT2D eigenvalue weighted by molar-refractivity contribution is 0.717. The van der Waals surface area contributed by atoms with Crippen molar-refractivity contribution in [2.24, 2.45) is 5.92 Å². The van der Waals surface area contributed by atoms with Crippen molar-refractivity contribution in [1.82, 2.24) is 0 Å². The van der Waals surface area contributed by atoms with Crippen LogP contribution in [0.1, 0.15) is 31.2 Å². The quantitative estimate of drug-likeness (QED) is 0.717. The van der Waals surface area contributed by atoms with Crippen LogP contribution in [-0.2, 0) is 5.33 Å². The molecule has 92 valence electrons. The van der Waals surface area contributed by atoms with E-state index in [2.05, 4.69) is 33.0 Å². The minimum atomic E-state index is 0.787. The number of hydrogen-bond acceptors (Lipinski definition) is 1. The second-order valence-corrected chi connectivity index (χ2v) is 6.23. The maximum atomic E-state index is 6.07. The fraction of sp³-hybridized carbons (Fsp3) is 0.571. The van der Waals surface area contributed by atoms with Crippen molar-refractivity contribution in [1.29, 1.82) is 0 Å². The first-order valence-corrected chi connectivity index (χ1v) is 7.89. The Morgan fingerprint density at radius 3 is 2.59 bits per heavy atom. The fourth-order valence-electron chi connectivity index (χ4n) is 2.35. The van der Waals surface area contributed by atoms with E-state index in [0.29, 0.717) is 0 Å². The van der Waals surface area contributed by atoms with E-state index < -0.39 is 0 Å². The Balaban J connectivity index is 1.87. The number of halogens is 2. The SMILES string of the molecule is Clc1ccc(N(CC2CC2)C2CC2)c(CBr)c1. The molecule has 0 atom stereocenters. The highest BCUT2D eigenvalue weighted by molar-refractivity contribution is 9.08. The van der Waals surface area contributed by atoms with E-state index in [4.69, 9.17) is 11.6 Å². The summed E-state index contributed by atoms with van der Waals surface area (Å²) in [7, 11) is 0. The molecule has 2 fully saturated rings. The second-order valence-electron chi connectivity index (χ2n) is 5.23. The Hall–Kier alpha value is -0.210. The van der Waals surface area contributed by atoms with Crippen molar-refractivity contribution in [3.63, 3.8) is 0 Å². The number of benzene rings is 1. The molecular formula is C14H17BrClN. The summed E-state index contributed by atoms with van der Waals surface area (Å²) in [6.45, 7) is 1.24. The van der Waals surface area contributed by atoms with Crippen LogP contribution in [0.5, 0.6) is 0 Å². The zero-order chi connectivity index (χ0) is 11.8. The lowest BCUT2D eigenvalue weighted by Gasteiger charge is -2.27. The van der Waals surface area contributed by atoms with Crippen molar-refractivity contribution in [3.05, 3.63) is 28.8 Å². The molecule has 0 N–H and O–H groups in total. The second kappa shape index (κ2) is 4.81. The van der Waals surface area contributed by atoms with Crippen molar-refractivity contribution < 1.29 is 0 Å². The van der Waals surface area contributed by atoms with Crippen LogP contribution in [0.4, 0.5) is 5.69 Å². The molecule has 1 aromatic carbocycles. The van der Waals surface area contributed by atoms with Gasteiger partial charge in [0.1, 0.15) is 0 Å². The largest absolute Gasteiger partial charge is 0.368 e. The van der Waals surface area contributed by atoms with Crippen LogP contribution in [0.3, 0.4) is 0 Å². The molecular weight excluding hydrogens is 298 g/mol. The maximum Gasteiger partial charge on any atom is 0.0410 e. The number of nitrogens with zero attached hydrogens (tertiary/aromatic N) is 1. The Bertz CT molecular complexity index is 413. The van der Waals surface area contributed by atoms with Gasteiger partial charge in [0, 0.05) is 28.6 Å². The van der Waals surface area contributed by atoms with Gasteiger partial charge in [-0.15, -0.1) is 0 Å². The molecule has 17 heavy (non-hydrogen) atoms. The third-order valence-corrected chi connectivity index (χ3v) is 4.47. The highest BCUT2D eigenvalue weighted by atomic mass is 79.9. The molecule has 1 aromatic rings. The predicted octanol–water partition coefficient (Wildman–Crippen LogP) is 4.61. The normalized spacial score (nSPS) is 19.4. The Morgan fingerprint density at radius 1 is 1.24 bits per heavy atom. The molecule has 0 heterocycles. The van der Waals surface area contributed by atoms with Gasteiger partial charge in [-0.3, -0.25) is 0 Å². The van der Waals surface area contributed by atoms with Gasteiger partial charge in [0.15, 0.2) is 0 Å². The molecule has 0 spiro atoms. The van der Waals surface area contributed by atoms with Gasteiger partial charge in [-0.1, -0.05) is 27.5 Å². The Morgan fingerprint density at radius 2 is 2.00 bits per heavy atom. The van der Waals surface area contributed by atoms with E-state index >= 15 is 0 Å². The van der Waals surface area contributed by atoms with Gasteiger partial charge in [0.25, 0.3) is 0 Å². The predicted molar refractivity (Wildman–Crippen MR) is 77.2 cm³/mol. The Labute approximate surface area is 116 Å². The molecule has 0 aliphatic heterocycles. The van der Waals surface area contributed by atoms with E-state index in [1.54, 1.807) is 0 Å². The van der Waals surface area contributed by atoms with E-state index in [1.807, 2.05) is 6.07 Å². The molecule has 0 aromatic heterocycles. The molecule has 0 radical (unpaired) electrons. The summed E-state index contributed by atoms with van der Waals surface area (Å²) >= 11 is 9.65. The summed E-state index contributed by atoms with van der Waals surface area (Å²) in [4.78, 5) is 2.62. The van der Waals surface area contributed by atoms with Crippen LogP contribution < -0.4 is 4.90 Å².